The fourth-order valence-electron chi connectivity index (χ4n) is 2.33. The normalized spacial score (nSPS) is 22.9. The van der Waals surface area contributed by atoms with Gasteiger partial charge in [0.25, 0.3) is 0 Å². The second kappa shape index (κ2) is 4.75. The number of hydrogen-bond acceptors (Lipinski definition) is 2. The molecule has 1 aliphatic rings. The number of aromatic nitrogens is 1. The number of piperidine rings is 1. The van der Waals surface area contributed by atoms with Crippen LogP contribution in [0.1, 0.15) is 37.1 Å². The lowest BCUT2D eigenvalue weighted by atomic mass is 9.94. The molecule has 0 radical (unpaired) electrons. The zero-order valence-electron chi connectivity index (χ0n) is 9.74. The molecule has 15 heavy (non-hydrogen) atoms. The molecule has 1 fully saturated rings. The molecule has 0 aliphatic carbocycles. The van der Waals surface area contributed by atoms with E-state index in [9.17, 15) is 0 Å². The molecular weight excluding hydrogens is 184 g/mol. The summed E-state index contributed by atoms with van der Waals surface area (Å²) in [5.74, 6) is 0.648. The van der Waals surface area contributed by atoms with E-state index < -0.39 is 0 Å². The Balaban J connectivity index is 2.13. The first-order valence-corrected chi connectivity index (χ1v) is 5.94. The van der Waals surface area contributed by atoms with Gasteiger partial charge in [-0.05, 0) is 45.0 Å². The first-order chi connectivity index (χ1) is 7.29. The van der Waals surface area contributed by atoms with E-state index in [0.717, 1.165) is 6.42 Å². The van der Waals surface area contributed by atoms with Gasteiger partial charge in [0.2, 0.25) is 0 Å². The number of likely N-dealkylation sites (tertiary alicyclic amines) is 1. The molecular formula is C13H20N2. The van der Waals surface area contributed by atoms with Crippen LogP contribution in [-0.2, 0) is 6.42 Å². The third kappa shape index (κ3) is 2.57. The smallest absolute Gasteiger partial charge is 0.0450 e. The third-order valence-corrected chi connectivity index (χ3v) is 3.23. The van der Waals surface area contributed by atoms with Crippen LogP contribution in [0.3, 0.4) is 0 Å². The Labute approximate surface area is 92.3 Å². The summed E-state index contributed by atoms with van der Waals surface area (Å²) in [4.78, 5) is 7.13. The van der Waals surface area contributed by atoms with Gasteiger partial charge in [-0.1, -0.05) is 13.0 Å². The maximum absolute atomic E-state index is 4.72. The summed E-state index contributed by atoms with van der Waals surface area (Å²) in [6.07, 6.45) is 3.64. The van der Waals surface area contributed by atoms with E-state index in [1.165, 1.54) is 37.3 Å². The van der Waals surface area contributed by atoms with Crippen LogP contribution in [0.25, 0.3) is 0 Å². The van der Waals surface area contributed by atoms with Gasteiger partial charge in [0.05, 0.1) is 0 Å². The Morgan fingerprint density at radius 3 is 3.07 bits per heavy atom. The zero-order valence-corrected chi connectivity index (χ0v) is 9.74. The van der Waals surface area contributed by atoms with E-state index in [-0.39, 0.29) is 0 Å². The molecule has 2 heterocycles. The molecule has 0 saturated carbocycles. The number of aryl methyl sites for hydroxylation is 1. The monoisotopic (exact) mass is 204 g/mol. The fourth-order valence-corrected chi connectivity index (χ4v) is 2.33. The van der Waals surface area contributed by atoms with Gasteiger partial charge >= 0.3 is 0 Å². The summed E-state index contributed by atoms with van der Waals surface area (Å²) in [5.41, 5.74) is 2.52. The summed E-state index contributed by atoms with van der Waals surface area (Å²) in [6.45, 7) is 4.57. The molecule has 0 spiro atoms. The van der Waals surface area contributed by atoms with E-state index in [4.69, 9.17) is 4.98 Å². The molecule has 0 amide bonds. The second-order valence-corrected chi connectivity index (χ2v) is 4.51. The molecule has 0 N–H and O–H groups in total. The minimum atomic E-state index is 0.648. The quantitative estimate of drug-likeness (QED) is 0.735. The van der Waals surface area contributed by atoms with Gasteiger partial charge in [-0.2, -0.15) is 0 Å². The Bertz CT molecular complexity index is 322. The van der Waals surface area contributed by atoms with Crippen molar-refractivity contribution in [2.24, 2.45) is 0 Å². The van der Waals surface area contributed by atoms with E-state index in [0.29, 0.717) is 5.92 Å². The lowest BCUT2D eigenvalue weighted by molar-refractivity contribution is 0.248. The lowest BCUT2D eigenvalue weighted by Crippen LogP contribution is -2.31. The Morgan fingerprint density at radius 2 is 2.33 bits per heavy atom. The van der Waals surface area contributed by atoms with Crippen molar-refractivity contribution in [1.82, 2.24) is 9.88 Å². The van der Waals surface area contributed by atoms with Gasteiger partial charge in [-0.25, -0.2) is 0 Å². The van der Waals surface area contributed by atoms with Gasteiger partial charge in [0.1, 0.15) is 0 Å². The van der Waals surface area contributed by atoms with Crippen LogP contribution < -0.4 is 0 Å². The Kier molecular flexibility index (Phi) is 3.37. The third-order valence-electron chi connectivity index (χ3n) is 3.23. The van der Waals surface area contributed by atoms with Crippen LogP contribution >= 0.6 is 0 Å². The number of hydrogen-bond donors (Lipinski definition) is 0. The van der Waals surface area contributed by atoms with Crippen molar-refractivity contribution in [2.75, 3.05) is 20.1 Å². The van der Waals surface area contributed by atoms with Gasteiger partial charge in [-0.3, -0.25) is 4.98 Å². The molecule has 1 aromatic heterocycles. The molecule has 2 heteroatoms. The van der Waals surface area contributed by atoms with Gasteiger partial charge in [0.15, 0.2) is 0 Å². The summed E-state index contributed by atoms with van der Waals surface area (Å²) >= 11 is 0. The molecule has 0 aromatic carbocycles. The summed E-state index contributed by atoms with van der Waals surface area (Å²) in [6, 6.07) is 6.45. The van der Waals surface area contributed by atoms with Crippen LogP contribution in [0, 0.1) is 0 Å². The van der Waals surface area contributed by atoms with Crippen LogP contribution in [0.5, 0.6) is 0 Å². The topological polar surface area (TPSA) is 16.1 Å². The molecule has 82 valence electrons. The van der Waals surface area contributed by atoms with Crippen LogP contribution in [0.2, 0.25) is 0 Å². The molecule has 1 aliphatic heterocycles. The minimum absolute atomic E-state index is 0.648. The first kappa shape index (κ1) is 10.6. The number of pyridine rings is 1. The minimum Gasteiger partial charge on any atom is -0.306 e. The Morgan fingerprint density at radius 1 is 1.47 bits per heavy atom. The number of nitrogens with zero attached hydrogens (tertiary/aromatic N) is 2. The molecule has 1 aromatic rings. The molecule has 1 atom stereocenters. The largest absolute Gasteiger partial charge is 0.306 e. The van der Waals surface area contributed by atoms with Gasteiger partial charge in [-0.15, -0.1) is 0 Å². The molecule has 2 rings (SSSR count). The molecule has 2 nitrogen and oxygen atoms in total. The molecule has 0 bridgehead atoms. The van der Waals surface area contributed by atoms with Crippen LogP contribution in [0.4, 0.5) is 0 Å². The van der Waals surface area contributed by atoms with E-state index in [1.54, 1.807) is 0 Å². The average Bonchev–Trinajstić information content (AvgIpc) is 2.29. The van der Waals surface area contributed by atoms with Gasteiger partial charge in [0, 0.05) is 23.9 Å². The maximum Gasteiger partial charge on any atom is 0.0450 e. The van der Waals surface area contributed by atoms with Gasteiger partial charge < -0.3 is 4.90 Å². The predicted molar refractivity (Wildman–Crippen MR) is 63.1 cm³/mol. The van der Waals surface area contributed by atoms with Crippen molar-refractivity contribution in [2.45, 2.75) is 32.1 Å². The zero-order chi connectivity index (χ0) is 10.7. The van der Waals surface area contributed by atoms with Crippen molar-refractivity contribution >= 4 is 0 Å². The van der Waals surface area contributed by atoms with Crippen LogP contribution in [0.15, 0.2) is 18.2 Å². The van der Waals surface area contributed by atoms with Crippen LogP contribution in [-0.4, -0.2) is 30.0 Å². The highest BCUT2D eigenvalue weighted by molar-refractivity contribution is 5.15. The summed E-state index contributed by atoms with van der Waals surface area (Å²) < 4.78 is 0. The van der Waals surface area contributed by atoms with E-state index >= 15 is 0 Å². The van der Waals surface area contributed by atoms with Crippen molar-refractivity contribution in [3.63, 3.8) is 0 Å². The van der Waals surface area contributed by atoms with Crippen molar-refractivity contribution in [3.05, 3.63) is 29.6 Å². The standard InChI is InChI=1S/C13H20N2/c1-3-12-7-4-8-13(14-12)11-6-5-9-15(2)10-11/h4,7-8,11H,3,5-6,9-10H2,1-2H3. The highest BCUT2D eigenvalue weighted by Crippen LogP contribution is 2.24. The second-order valence-electron chi connectivity index (χ2n) is 4.51. The maximum atomic E-state index is 4.72. The highest BCUT2D eigenvalue weighted by Gasteiger charge is 2.19. The summed E-state index contributed by atoms with van der Waals surface area (Å²) in [5, 5.41) is 0. The summed E-state index contributed by atoms with van der Waals surface area (Å²) in [7, 11) is 2.20. The molecule has 1 saturated heterocycles. The average molecular weight is 204 g/mol. The lowest BCUT2D eigenvalue weighted by Gasteiger charge is -2.29. The van der Waals surface area contributed by atoms with Crippen molar-refractivity contribution < 1.29 is 0 Å². The SMILES string of the molecule is CCc1cccc(C2CCCN(C)C2)n1. The van der Waals surface area contributed by atoms with E-state index in [1.807, 2.05) is 0 Å². The highest BCUT2D eigenvalue weighted by atomic mass is 15.1. The number of rotatable bonds is 2. The first-order valence-electron chi connectivity index (χ1n) is 5.94. The predicted octanol–water partition coefficient (Wildman–Crippen LogP) is 2.45. The molecule has 1 unspecified atom stereocenters. The number of likely N-dealkylation sites (N-methyl/N-ethyl adjacent to an activating group) is 1. The Hall–Kier alpha value is -0.890. The van der Waals surface area contributed by atoms with E-state index in [2.05, 4.69) is 37.1 Å². The fraction of sp³-hybridized carbons (Fsp3) is 0.615. The van der Waals surface area contributed by atoms with Crippen molar-refractivity contribution in [1.29, 1.82) is 0 Å². The van der Waals surface area contributed by atoms with Crippen molar-refractivity contribution in [3.8, 4) is 0 Å².